The van der Waals surface area contributed by atoms with E-state index in [9.17, 15) is 9.90 Å². The fourth-order valence-electron chi connectivity index (χ4n) is 6.14. The molecule has 2 aromatic carbocycles. The molecule has 0 unspecified atom stereocenters. The standard InChI is InChI=1S/C29H28N3S.C13H24O2.Ir/c1-18(2)10-19-11-27-28(30-15-19)23(16-33-27)26-14-25(31-17-32-26)21-12-20-8-6-7-9-22(20)24(13-21)29(3,4)5;1-5-10(6-2)12(14)9-13(15)11(7-3)8-4;/h6-9,11,13-18H,10H2,1-5H3;9-11,14H,5-8H2,1-4H3;/q-1;;/b;12-9-;. The van der Waals surface area contributed by atoms with Crippen LogP contribution < -0.4 is 0 Å². The van der Waals surface area contributed by atoms with Crippen LogP contribution in [-0.4, -0.2) is 25.8 Å². The average Bonchev–Trinajstić information content (AvgIpc) is 3.48. The van der Waals surface area contributed by atoms with E-state index in [1.54, 1.807) is 17.7 Å². The molecule has 0 fully saturated rings. The second kappa shape index (κ2) is 18.1. The summed E-state index contributed by atoms with van der Waals surface area (Å²) in [5, 5.41) is 14.3. The van der Waals surface area contributed by atoms with E-state index in [1.165, 1.54) is 27.3 Å². The number of aromatic nitrogens is 3. The van der Waals surface area contributed by atoms with Gasteiger partial charge in [-0.2, -0.15) is 0 Å². The molecule has 0 amide bonds. The summed E-state index contributed by atoms with van der Waals surface area (Å²) in [6.07, 6.45) is 9.61. The van der Waals surface area contributed by atoms with Crippen molar-refractivity contribution in [2.45, 2.75) is 99.8 Å². The molecule has 0 saturated carbocycles. The summed E-state index contributed by atoms with van der Waals surface area (Å²) < 4.78 is 1.20. The van der Waals surface area contributed by atoms with E-state index in [0.717, 1.165) is 65.5 Å². The van der Waals surface area contributed by atoms with Crippen molar-refractivity contribution in [1.82, 2.24) is 15.0 Å². The fourth-order valence-corrected chi connectivity index (χ4v) is 7.11. The van der Waals surface area contributed by atoms with Crippen LogP contribution in [0, 0.1) is 23.8 Å². The second-order valence-corrected chi connectivity index (χ2v) is 15.0. The molecule has 0 atom stereocenters. The van der Waals surface area contributed by atoms with Gasteiger partial charge in [0.2, 0.25) is 0 Å². The third kappa shape index (κ3) is 10.2. The molecule has 3 heterocycles. The van der Waals surface area contributed by atoms with Gasteiger partial charge in [-0.05, 0) is 61.1 Å². The van der Waals surface area contributed by atoms with Crippen LogP contribution >= 0.6 is 11.3 Å². The Labute approximate surface area is 311 Å². The van der Waals surface area contributed by atoms with E-state index in [4.69, 9.17) is 4.98 Å². The molecule has 5 aromatic rings. The summed E-state index contributed by atoms with van der Waals surface area (Å²) in [5.41, 5.74) is 7.44. The molecular weight excluding hydrogens is 803 g/mol. The van der Waals surface area contributed by atoms with Crippen LogP contribution in [-0.2, 0) is 36.7 Å². The maximum Gasteiger partial charge on any atom is 0.162 e. The Bertz CT molecular complexity index is 1860. The number of carbonyl (C=O) groups is 1. The first kappa shape index (κ1) is 40.2. The van der Waals surface area contributed by atoms with Crippen molar-refractivity contribution in [2.75, 3.05) is 0 Å². The van der Waals surface area contributed by atoms with Gasteiger partial charge in [0, 0.05) is 60.9 Å². The molecular formula is C42H52IrN3O2S-. The monoisotopic (exact) mass is 855 g/mol. The number of aliphatic hydroxyl groups excluding tert-OH is 1. The summed E-state index contributed by atoms with van der Waals surface area (Å²) in [6.45, 7) is 19.3. The van der Waals surface area contributed by atoms with Gasteiger partial charge in [0.15, 0.2) is 5.78 Å². The Balaban J connectivity index is 0.000000347. The fraction of sp³-hybridized carbons (Fsp3) is 0.429. The molecule has 0 spiro atoms. The minimum atomic E-state index is 0. The molecule has 1 N–H and O–H groups in total. The molecule has 1 radical (unpaired) electrons. The molecule has 3 aromatic heterocycles. The van der Waals surface area contributed by atoms with E-state index in [1.807, 2.05) is 33.9 Å². The number of hydrogen-bond acceptors (Lipinski definition) is 6. The number of benzene rings is 2. The van der Waals surface area contributed by atoms with E-state index >= 15 is 0 Å². The van der Waals surface area contributed by atoms with Gasteiger partial charge in [-0.15, -0.1) is 40.5 Å². The van der Waals surface area contributed by atoms with Crippen LogP contribution in [0.3, 0.4) is 0 Å². The normalized spacial score (nSPS) is 12.0. The number of rotatable bonds is 11. The van der Waals surface area contributed by atoms with E-state index in [-0.39, 0.29) is 48.9 Å². The predicted molar refractivity (Wildman–Crippen MR) is 204 cm³/mol. The van der Waals surface area contributed by atoms with Crippen LogP contribution in [0.25, 0.3) is 43.5 Å². The molecule has 0 saturated heterocycles. The summed E-state index contributed by atoms with van der Waals surface area (Å²) in [6, 6.07) is 18.6. The van der Waals surface area contributed by atoms with E-state index in [2.05, 4.69) is 98.5 Å². The number of pyridine rings is 1. The van der Waals surface area contributed by atoms with Gasteiger partial charge in [0.25, 0.3) is 0 Å². The van der Waals surface area contributed by atoms with Gasteiger partial charge >= 0.3 is 0 Å². The first-order chi connectivity index (χ1) is 22.9. The van der Waals surface area contributed by atoms with Crippen molar-refractivity contribution in [2.24, 2.45) is 17.8 Å². The first-order valence-electron chi connectivity index (χ1n) is 17.5. The molecule has 0 aliphatic carbocycles. The van der Waals surface area contributed by atoms with Crippen LogP contribution in [0.1, 0.15) is 99.1 Å². The maximum atomic E-state index is 11.7. The predicted octanol–water partition coefficient (Wildman–Crippen LogP) is 11.7. The summed E-state index contributed by atoms with van der Waals surface area (Å²) in [7, 11) is 0. The van der Waals surface area contributed by atoms with Crippen LogP contribution in [0.4, 0.5) is 0 Å². The van der Waals surface area contributed by atoms with Crippen molar-refractivity contribution >= 4 is 38.1 Å². The number of hydrogen-bond donors (Lipinski definition) is 1. The van der Waals surface area contributed by atoms with Gasteiger partial charge in [0.05, 0.1) is 21.7 Å². The van der Waals surface area contributed by atoms with Crippen molar-refractivity contribution in [1.29, 1.82) is 0 Å². The quantitative estimate of drug-likeness (QED) is 0.0814. The Hall–Kier alpha value is -3.25. The van der Waals surface area contributed by atoms with E-state index in [0.29, 0.717) is 5.92 Å². The van der Waals surface area contributed by atoms with Crippen molar-refractivity contribution in [3.63, 3.8) is 0 Å². The molecule has 263 valence electrons. The van der Waals surface area contributed by atoms with Gasteiger partial charge in [-0.25, -0.2) is 4.98 Å². The van der Waals surface area contributed by atoms with Crippen LogP contribution in [0.5, 0.6) is 0 Å². The molecule has 5 nitrogen and oxygen atoms in total. The number of carbonyl (C=O) groups excluding carboxylic acids is 1. The van der Waals surface area contributed by atoms with Crippen molar-refractivity contribution < 1.29 is 30.0 Å². The Morgan fingerprint density at radius 1 is 0.918 bits per heavy atom. The summed E-state index contributed by atoms with van der Waals surface area (Å²) >= 11 is 1.73. The SMILES string of the molecule is CC(C)Cc1cnc2c(-c3cc(-c4[c-]c5ccccc5c(C(C)(C)C)c4)ncn3)csc2c1.CCC(CC)C(=O)/C=C(\O)C(CC)CC.[Ir]. The Morgan fingerprint density at radius 2 is 1.57 bits per heavy atom. The average molecular weight is 855 g/mol. The van der Waals surface area contributed by atoms with Gasteiger partial charge in [0.1, 0.15) is 6.33 Å². The van der Waals surface area contributed by atoms with Crippen LogP contribution in [0.2, 0.25) is 0 Å². The summed E-state index contributed by atoms with van der Waals surface area (Å²) in [5.74, 6) is 1.16. The molecule has 49 heavy (non-hydrogen) atoms. The molecule has 0 bridgehead atoms. The topological polar surface area (TPSA) is 76.0 Å². The molecule has 7 heteroatoms. The second-order valence-electron chi connectivity index (χ2n) is 14.1. The van der Waals surface area contributed by atoms with Crippen molar-refractivity contribution in [3.05, 3.63) is 89.4 Å². The smallest absolute Gasteiger partial charge is 0.162 e. The molecule has 0 aliphatic rings. The van der Waals surface area contributed by atoms with Crippen molar-refractivity contribution in [3.8, 4) is 22.5 Å². The number of aliphatic hydroxyl groups is 1. The Kier molecular flexibility index (Phi) is 14.9. The van der Waals surface area contributed by atoms with Gasteiger partial charge in [-0.1, -0.05) is 91.5 Å². The maximum absolute atomic E-state index is 11.7. The zero-order valence-corrected chi connectivity index (χ0v) is 33.8. The minimum Gasteiger partial charge on any atom is -0.512 e. The number of fused-ring (bicyclic) bond motifs is 2. The number of nitrogens with zero attached hydrogens (tertiary/aromatic N) is 3. The zero-order valence-electron chi connectivity index (χ0n) is 30.6. The van der Waals surface area contributed by atoms with Gasteiger partial charge in [-0.3, -0.25) is 14.8 Å². The zero-order chi connectivity index (χ0) is 35.0. The molecule has 5 rings (SSSR count). The number of thiophene rings is 1. The third-order valence-electron chi connectivity index (χ3n) is 9.00. The van der Waals surface area contributed by atoms with Gasteiger partial charge < -0.3 is 5.11 Å². The largest absolute Gasteiger partial charge is 0.512 e. The first-order valence-corrected chi connectivity index (χ1v) is 18.4. The third-order valence-corrected chi connectivity index (χ3v) is 9.92. The summed E-state index contributed by atoms with van der Waals surface area (Å²) in [4.78, 5) is 25.7. The molecule has 0 aliphatic heterocycles. The van der Waals surface area contributed by atoms with E-state index < -0.39 is 0 Å². The van der Waals surface area contributed by atoms with Crippen LogP contribution in [0.15, 0.2) is 72.2 Å². The number of ketones is 1. The minimum absolute atomic E-state index is 0. The Morgan fingerprint density at radius 3 is 2.20 bits per heavy atom. The number of allylic oxidation sites excluding steroid dienone is 2.